The largest absolute Gasteiger partial charge is 0.380 e. The van der Waals surface area contributed by atoms with Gasteiger partial charge in [-0.05, 0) is 33.0 Å². The van der Waals surface area contributed by atoms with Crippen LogP contribution in [0, 0.1) is 0 Å². The fourth-order valence-corrected chi connectivity index (χ4v) is 2.49. The molecule has 4 heteroatoms. The maximum Gasteiger partial charge on any atom is 0.0593 e. The number of ether oxygens (including phenoxy) is 1. The number of hydrogen-bond acceptors (Lipinski definition) is 3. The molecule has 0 saturated carbocycles. The van der Waals surface area contributed by atoms with Gasteiger partial charge in [-0.25, -0.2) is 0 Å². The van der Waals surface area contributed by atoms with E-state index >= 15 is 0 Å². The Hall–Kier alpha value is 0.360. The van der Waals surface area contributed by atoms with E-state index in [0.29, 0.717) is 0 Å². The molecule has 0 fully saturated rings. The van der Waals surface area contributed by atoms with Gasteiger partial charge in [0.05, 0.1) is 6.61 Å². The third-order valence-electron chi connectivity index (χ3n) is 4.00. The molecule has 136 valence electrons. The zero-order chi connectivity index (χ0) is 15.6. The maximum absolute atomic E-state index is 5.68. The molecule has 0 saturated heterocycles. The molecule has 0 radical (unpaired) electrons. The first-order valence-electron chi connectivity index (χ1n) is 9.27. The van der Waals surface area contributed by atoms with Crippen LogP contribution in [0.2, 0.25) is 0 Å². The van der Waals surface area contributed by atoms with Crippen LogP contribution in [0.15, 0.2) is 0 Å². The molecule has 0 amide bonds. The van der Waals surface area contributed by atoms with Gasteiger partial charge in [-0.2, -0.15) is 0 Å². The van der Waals surface area contributed by atoms with Crippen molar-refractivity contribution in [2.75, 3.05) is 39.9 Å². The highest BCUT2D eigenvalue weighted by Crippen LogP contribution is 2.10. The van der Waals surface area contributed by atoms with E-state index in [-0.39, 0.29) is 17.0 Å². The van der Waals surface area contributed by atoms with Crippen LogP contribution < -0.4 is 5.73 Å². The molecule has 0 aromatic carbocycles. The molecule has 3 nitrogen and oxygen atoms in total. The minimum absolute atomic E-state index is 0. The third kappa shape index (κ3) is 20.4. The van der Waals surface area contributed by atoms with Crippen molar-refractivity contribution in [3.63, 3.8) is 0 Å². The molecular weight excluding hydrogens is 340 g/mol. The van der Waals surface area contributed by atoms with Gasteiger partial charge in [-0.15, -0.1) is 17.0 Å². The quantitative estimate of drug-likeness (QED) is 0.369. The lowest BCUT2D eigenvalue weighted by Gasteiger charge is -2.15. The van der Waals surface area contributed by atoms with E-state index < -0.39 is 0 Å². The Morgan fingerprint density at radius 1 is 0.727 bits per heavy atom. The minimum Gasteiger partial charge on any atom is -0.380 e. The summed E-state index contributed by atoms with van der Waals surface area (Å²) in [7, 11) is 2.14. The molecule has 0 aliphatic rings. The second-order valence-electron chi connectivity index (χ2n) is 6.24. The van der Waals surface area contributed by atoms with Crippen LogP contribution in [-0.4, -0.2) is 44.8 Å². The standard InChI is InChI=1S/C18H40N2O.BrH/c1-3-4-5-6-7-8-9-10-11-12-17-21-18-16-20(2)15-13-14-19;/h3-19H2,1-2H3;1H. The molecule has 0 aliphatic heterocycles. The van der Waals surface area contributed by atoms with E-state index in [4.69, 9.17) is 10.5 Å². The van der Waals surface area contributed by atoms with E-state index in [1.807, 2.05) is 0 Å². The molecule has 0 spiro atoms. The Morgan fingerprint density at radius 2 is 1.27 bits per heavy atom. The fraction of sp³-hybridized carbons (Fsp3) is 1.00. The molecule has 0 bridgehead atoms. The van der Waals surface area contributed by atoms with Crippen molar-refractivity contribution < 1.29 is 4.74 Å². The number of nitrogens with zero attached hydrogens (tertiary/aromatic N) is 1. The van der Waals surface area contributed by atoms with Gasteiger partial charge in [0.15, 0.2) is 0 Å². The van der Waals surface area contributed by atoms with E-state index in [1.54, 1.807) is 0 Å². The average molecular weight is 381 g/mol. The predicted molar refractivity (Wildman–Crippen MR) is 104 cm³/mol. The number of hydrogen-bond donors (Lipinski definition) is 1. The van der Waals surface area contributed by atoms with E-state index in [1.165, 1.54) is 64.2 Å². The van der Waals surface area contributed by atoms with Crippen molar-refractivity contribution in [1.82, 2.24) is 4.90 Å². The minimum atomic E-state index is 0. The van der Waals surface area contributed by atoms with Crippen molar-refractivity contribution in [2.24, 2.45) is 5.73 Å². The Morgan fingerprint density at radius 3 is 1.82 bits per heavy atom. The lowest BCUT2D eigenvalue weighted by atomic mass is 10.1. The lowest BCUT2D eigenvalue weighted by Crippen LogP contribution is -2.25. The summed E-state index contributed by atoms with van der Waals surface area (Å²) in [5, 5.41) is 0. The first kappa shape index (κ1) is 24.6. The van der Waals surface area contributed by atoms with Gasteiger partial charge >= 0.3 is 0 Å². The van der Waals surface area contributed by atoms with Crippen LogP contribution in [-0.2, 0) is 4.74 Å². The molecule has 0 heterocycles. The second-order valence-corrected chi connectivity index (χ2v) is 6.24. The maximum atomic E-state index is 5.68. The molecule has 0 aliphatic carbocycles. The zero-order valence-electron chi connectivity index (χ0n) is 15.2. The summed E-state index contributed by atoms with van der Waals surface area (Å²) in [4.78, 5) is 2.30. The van der Waals surface area contributed by atoms with Gasteiger partial charge in [0.1, 0.15) is 0 Å². The molecule has 0 aromatic rings. The van der Waals surface area contributed by atoms with Crippen molar-refractivity contribution in [3.8, 4) is 0 Å². The molecule has 0 unspecified atom stereocenters. The van der Waals surface area contributed by atoms with E-state index in [2.05, 4.69) is 18.9 Å². The fourth-order valence-electron chi connectivity index (χ4n) is 2.49. The lowest BCUT2D eigenvalue weighted by molar-refractivity contribution is 0.108. The SMILES string of the molecule is Br.CCCCCCCCCCCCOCCN(C)CCCN. The van der Waals surface area contributed by atoms with Gasteiger partial charge in [-0.3, -0.25) is 0 Å². The normalized spacial score (nSPS) is 10.9. The average Bonchev–Trinajstić information content (AvgIpc) is 2.49. The van der Waals surface area contributed by atoms with Crippen molar-refractivity contribution in [2.45, 2.75) is 77.6 Å². The second kappa shape index (κ2) is 21.4. The van der Waals surface area contributed by atoms with Crippen LogP contribution in [0.5, 0.6) is 0 Å². The third-order valence-corrected chi connectivity index (χ3v) is 4.00. The van der Waals surface area contributed by atoms with Gasteiger partial charge in [0.25, 0.3) is 0 Å². The Balaban J connectivity index is 0. The first-order valence-corrected chi connectivity index (χ1v) is 9.27. The Bertz CT molecular complexity index is 194. The Labute approximate surface area is 150 Å². The summed E-state index contributed by atoms with van der Waals surface area (Å²) in [6, 6.07) is 0. The summed E-state index contributed by atoms with van der Waals surface area (Å²) in [5.41, 5.74) is 5.49. The molecule has 0 aromatic heterocycles. The number of rotatable bonds is 17. The molecule has 0 rings (SSSR count). The monoisotopic (exact) mass is 380 g/mol. The molecule has 0 atom stereocenters. The number of halogens is 1. The topological polar surface area (TPSA) is 38.5 Å². The summed E-state index contributed by atoms with van der Waals surface area (Å²) >= 11 is 0. The highest BCUT2D eigenvalue weighted by Gasteiger charge is 1.97. The summed E-state index contributed by atoms with van der Waals surface area (Å²) in [6.07, 6.45) is 14.9. The van der Waals surface area contributed by atoms with Gasteiger partial charge in [0.2, 0.25) is 0 Å². The highest BCUT2D eigenvalue weighted by molar-refractivity contribution is 8.93. The summed E-state index contributed by atoms with van der Waals surface area (Å²) in [5.74, 6) is 0. The predicted octanol–water partition coefficient (Wildman–Crippen LogP) is 4.78. The summed E-state index contributed by atoms with van der Waals surface area (Å²) < 4.78 is 5.68. The van der Waals surface area contributed by atoms with Gasteiger partial charge in [0, 0.05) is 13.2 Å². The van der Waals surface area contributed by atoms with Crippen molar-refractivity contribution >= 4 is 17.0 Å². The first-order chi connectivity index (χ1) is 10.3. The summed E-state index contributed by atoms with van der Waals surface area (Å²) in [6.45, 7) is 6.96. The van der Waals surface area contributed by atoms with Crippen molar-refractivity contribution in [3.05, 3.63) is 0 Å². The number of nitrogens with two attached hydrogens (primary N) is 1. The van der Waals surface area contributed by atoms with Crippen LogP contribution in [0.1, 0.15) is 77.6 Å². The smallest absolute Gasteiger partial charge is 0.0593 e. The van der Waals surface area contributed by atoms with Crippen LogP contribution >= 0.6 is 17.0 Å². The molecular formula is C18H41BrN2O. The Kier molecular flexibility index (Phi) is 23.9. The number of likely N-dealkylation sites (N-methyl/N-ethyl adjacent to an activating group) is 1. The van der Waals surface area contributed by atoms with Gasteiger partial charge < -0.3 is 15.4 Å². The zero-order valence-corrected chi connectivity index (χ0v) is 16.9. The van der Waals surface area contributed by atoms with E-state index in [0.717, 1.165) is 39.3 Å². The molecule has 22 heavy (non-hydrogen) atoms. The van der Waals surface area contributed by atoms with Gasteiger partial charge in [-0.1, -0.05) is 64.7 Å². The van der Waals surface area contributed by atoms with Crippen molar-refractivity contribution in [1.29, 1.82) is 0 Å². The number of unbranched alkanes of at least 4 members (excludes halogenated alkanes) is 9. The van der Waals surface area contributed by atoms with E-state index in [9.17, 15) is 0 Å². The highest BCUT2D eigenvalue weighted by atomic mass is 79.9. The van der Waals surface area contributed by atoms with Crippen LogP contribution in [0.25, 0.3) is 0 Å². The van der Waals surface area contributed by atoms with Crippen LogP contribution in [0.4, 0.5) is 0 Å². The van der Waals surface area contributed by atoms with Crippen LogP contribution in [0.3, 0.4) is 0 Å². The molecule has 2 N–H and O–H groups in total.